The number of nitrogens with zero attached hydrogens (tertiary/aromatic N) is 3. The van der Waals surface area contributed by atoms with Crippen LogP contribution in [-0.4, -0.2) is 51.4 Å². The van der Waals surface area contributed by atoms with Crippen molar-refractivity contribution in [2.75, 3.05) is 13.6 Å². The van der Waals surface area contributed by atoms with Gasteiger partial charge in [-0.3, -0.25) is 14.7 Å². The first kappa shape index (κ1) is 16.0. The number of aromatic nitrogens is 2. The highest BCUT2D eigenvalue weighted by molar-refractivity contribution is 5.89. The summed E-state index contributed by atoms with van der Waals surface area (Å²) in [5.74, 6) is 0.381. The lowest BCUT2D eigenvalue weighted by molar-refractivity contribution is -0.146. The number of aromatic amines is 1. The van der Waals surface area contributed by atoms with Crippen molar-refractivity contribution in [3.05, 3.63) is 18.0 Å². The zero-order valence-corrected chi connectivity index (χ0v) is 13.8. The summed E-state index contributed by atoms with van der Waals surface area (Å²) in [6.45, 7) is 1.23. The van der Waals surface area contributed by atoms with Gasteiger partial charge in [-0.2, -0.15) is 5.10 Å². The van der Waals surface area contributed by atoms with Gasteiger partial charge in [0.2, 0.25) is 11.8 Å². The molecule has 3 rings (SSSR count). The fourth-order valence-corrected chi connectivity index (χ4v) is 3.83. The SMILES string of the molecule is CN(Cc1ccn[nH]1)C(=O)C1CCCN1C(=O)C1CCCCC1. The Hall–Kier alpha value is -1.85. The Morgan fingerprint density at radius 3 is 2.74 bits per heavy atom. The Bertz CT molecular complexity index is 537. The molecule has 1 N–H and O–H groups in total. The van der Waals surface area contributed by atoms with Gasteiger partial charge in [0.15, 0.2) is 0 Å². The summed E-state index contributed by atoms with van der Waals surface area (Å²) in [6, 6.07) is 1.58. The minimum atomic E-state index is -0.280. The van der Waals surface area contributed by atoms with E-state index in [4.69, 9.17) is 0 Å². The fourth-order valence-electron chi connectivity index (χ4n) is 3.83. The Morgan fingerprint density at radius 2 is 2.04 bits per heavy atom. The van der Waals surface area contributed by atoms with E-state index in [1.54, 1.807) is 18.1 Å². The van der Waals surface area contributed by atoms with E-state index in [1.165, 1.54) is 6.42 Å². The maximum Gasteiger partial charge on any atom is 0.245 e. The summed E-state index contributed by atoms with van der Waals surface area (Å²) < 4.78 is 0. The number of hydrogen-bond acceptors (Lipinski definition) is 3. The van der Waals surface area contributed by atoms with Crippen molar-refractivity contribution < 1.29 is 9.59 Å². The number of carbonyl (C=O) groups is 2. The summed E-state index contributed by atoms with van der Waals surface area (Å²) in [6.07, 6.45) is 8.88. The van der Waals surface area contributed by atoms with Crippen molar-refractivity contribution in [1.82, 2.24) is 20.0 Å². The molecular formula is C17H26N4O2. The highest BCUT2D eigenvalue weighted by Crippen LogP contribution is 2.29. The smallest absolute Gasteiger partial charge is 0.245 e. The third kappa shape index (κ3) is 3.57. The highest BCUT2D eigenvalue weighted by atomic mass is 16.2. The zero-order valence-electron chi connectivity index (χ0n) is 13.8. The molecule has 2 aliphatic rings. The van der Waals surface area contributed by atoms with Gasteiger partial charge in [0.05, 0.1) is 12.2 Å². The van der Waals surface area contributed by atoms with Gasteiger partial charge in [-0.05, 0) is 31.7 Å². The maximum atomic E-state index is 12.8. The van der Waals surface area contributed by atoms with Crippen LogP contribution in [0.15, 0.2) is 12.3 Å². The van der Waals surface area contributed by atoms with Gasteiger partial charge >= 0.3 is 0 Å². The number of nitrogens with one attached hydrogen (secondary N) is 1. The average Bonchev–Trinajstić information content (AvgIpc) is 3.25. The van der Waals surface area contributed by atoms with Gasteiger partial charge in [0.1, 0.15) is 6.04 Å². The third-order valence-corrected chi connectivity index (χ3v) is 5.12. The summed E-state index contributed by atoms with van der Waals surface area (Å²) in [5, 5.41) is 6.78. The molecule has 1 aliphatic carbocycles. The molecule has 0 bridgehead atoms. The standard InChI is InChI=1S/C17H26N4O2/c1-20(12-14-9-10-18-19-14)17(23)15-8-5-11-21(15)16(22)13-6-3-2-4-7-13/h9-10,13,15H,2-8,11-12H2,1H3,(H,18,19). The van der Waals surface area contributed by atoms with Gasteiger partial charge in [0, 0.05) is 25.7 Å². The largest absolute Gasteiger partial charge is 0.338 e. The van der Waals surface area contributed by atoms with Gasteiger partial charge in [-0.15, -0.1) is 0 Å². The number of rotatable bonds is 4. The number of carbonyl (C=O) groups excluding carboxylic acids is 2. The van der Waals surface area contributed by atoms with Crippen molar-refractivity contribution in [2.24, 2.45) is 5.92 Å². The molecule has 0 radical (unpaired) electrons. The predicted molar refractivity (Wildman–Crippen MR) is 86.4 cm³/mol. The van der Waals surface area contributed by atoms with E-state index in [-0.39, 0.29) is 23.8 Å². The van der Waals surface area contributed by atoms with Crippen molar-refractivity contribution in [1.29, 1.82) is 0 Å². The van der Waals surface area contributed by atoms with E-state index in [1.807, 2.05) is 11.0 Å². The van der Waals surface area contributed by atoms with E-state index < -0.39 is 0 Å². The normalized spacial score (nSPS) is 22.3. The molecule has 1 aromatic rings. The molecule has 1 aromatic heterocycles. The number of amides is 2. The lowest BCUT2D eigenvalue weighted by atomic mass is 9.88. The summed E-state index contributed by atoms with van der Waals surface area (Å²) >= 11 is 0. The predicted octanol–water partition coefficient (Wildman–Crippen LogP) is 1.94. The Labute approximate surface area is 137 Å². The van der Waals surface area contributed by atoms with Crippen LogP contribution in [0.3, 0.4) is 0 Å². The van der Waals surface area contributed by atoms with Gasteiger partial charge in [-0.25, -0.2) is 0 Å². The van der Waals surface area contributed by atoms with Crippen molar-refractivity contribution in [2.45, 2.75) is 57.5 Å². The molecule has 0 spiro atoms. The molecule has 6 nitrogen and oxygen atoms in total. The minimum absolute atomic E-state index is 0.0428. The fraction of sp³-hybridized carbons (Fsp3) is 0.706. The van der Waals surface area contributed by atoms with E-state index >= 15 is 0 Å². The number of H-pyrrole nitrogens is 1. The Balaban J connectivity index is 1.63. The molecule has 2 heterocycles. The summed E-state index contributed by atoms with van der Waals surface area (Å²) in [5.41, 5.74) is 0.906. The topological polar surface area (TPSA) is 69.3 Å². The third-order valence-electron chi connectivity index (χ3n) is 5.12. The van der Waals surface area contributed by atoms with Crippen LogP contribution in [0, 0.1) is 5.92 Å². The van der Waals surface area contributed by atoms with Crippen molar-refractivity contribution in [3.8, 4) is 0 Å². The molecule has 1 unspecified atom stereocenters. The first-order valence-electron chi connectivity index (χ1n) is 8.70. The highest BCUT2D eigenvalue weighted by Gasteiger charge is 2.38. The number of hydrogen-bond donors (Lipinski definition) is 1. The minimum Gasteiger partial charge on any atom is -0.338 e. The molecule has 0 aromatic carbocycles. The molecular weight excluding hydrogens is 292 g/mol. The molecule has 1 atom stereocenters. The quantitative estimate of drug-likeness (QED) is 0.922. The molecule has 2 fully saturated rings. The van der Waals surface area contributed by atoms with Crippen LogP contribution in [0.25, 0.3) is 0 Å². The molecule has 23 heavy (non-hydrogen) atoms. The zero-order chi connectivity index (χ0) is 16.2. The average molecular weight is 318 g/mol. The molecule has 1 saturated carbocycles. The molecule has 6 heteroatoms. The first-order chi connectivity index (χ1) is 11.2. The van der Waals surface area contributed by atoms with Gasteiger partial charge < -0.3 is 9.80 Å². The molecule has 2 amide bonds. The van der Waals surface area contributed by atoms with Crippen molar-refractivity contribution in [3.63, 3.8) is 0 Å². The van der Waals surface area contributed by atoms with Crippen LogP contribution in [0.4, 0.5) is 0 Å². The molecule has 1 saturated heterocycles. The van der Waals surface area contributed by atoms with Crippen LogP contribution in [0.1, 0.15) is 50.6 Å². The first-order valence-corrected chi connectivity index (χ1v) is 8.70. The molecule has 1 aliphatic heterocycles. The summed E-state index contributed by atoms with van der Waals surface area (Å²) in [4.78, 5) is 29.1. The lowest BCUT2D eigenvalue weighted by Crippen LogP contribution is -2.48. The monoisotopic (exact) mass is 318 g/mol. The van der Waals surface area contributed by atoms with Crippen molar-refractivity contribution >= 4 is 11.8 Å². The van der Waals surface area contributed by atoms with Gasteiger partial charge in [-0.1, -0.05) is 19.3 Å². The second kappa shape index (κ2) is 7.15. The number of likely N-dealkylation sites (N-methyl/N-ethyl adjacent to an activating group) is 1. The van der Waals surface area contributed by atoms with Crippen LogP contribution in [0.2, 0.25) is 0 Å². The second-order valence-electron chi connectivity index (χ2n) is 6.80. The molecule has 126 valence electrons. The van der Waals surface area contributed by atoms with E-state index in [2.05, 4.69) is 10.2 Å². The van der Waals surface area contributed by atoms with Crippen LogP contribution in [0.5, 0.6) is 0 Å². The summed E-state index contributed by atoms with van der Waals surface area (Å²) in [7, 11) is 1.80. The van der Waals surface area contributed by atoms with Crippen LogP contribution >= 0.6 is 0 Å². The van der Waals surface area contributed by atoms with E-state index in [0.717, 1.165) is 50.8 Å². The van der Waals surface area contributed by atoms with E-state index in [9.17, 15) is 9.59 Å². The Kier molecular flexibility index (Phi) is 4.98. The van der Waals surface area contributed by atoms with E-state index in [0.29, 0.717) is 6.54 Å². The van der Waals surface area contributed by atoms with Crippen LogP contribution < -0.4 is 0 Å². The Morgan fingerprint density at radius 1 is 1.26 bits per heavy atom. The second-order valence-corrected chi connectivity index (χ2v) is 6.80. The van der Waals surface area contributed by atoms with Gasteiger partial charge in [0.25, 0.3) is 0 Å². The number of likely N-dealkylation sites (tertiary alicyclic amines) is 1. The lowest BCUT2D eigenvalue weighted by Gasteiger charge is -2.31. The van der Waals surface area contributed by atoms with Crippen LogP contribution in [-0.2, 0) is 16.1 Å². The maximum absolute atomic E-state index is 12.8.